The van der Waals surface area contributed by atoms with Crippen LogP contribution < -0.4 is 0 Å². The molecule has 6 heteroatoms. The molecule has 0 saturated heterocycles. The molecule has 0 atom stereocenters. The first-order chi connectivity index (χ1) is 8.49. The summed E-state index contributed by atoms with van der Waals surface area (Å²) in [5, 5.41) is 7.42. The number of amides is 2. The molecule has 1 aromatic heterocycles. The molecule has 2 amide bonds. The van der Waals surface area contributed by atoms with E-state index in [1.54, 1.807) is 19.0 Å². The first-order valence-electron chi connectivity index (χ1n) is 6.15. The minimum absolute atomic E-state index is 0.0596. The van der Waals surface area contributed by atoms with Crippen LogP contribution in [0, 0.1) is 0 Å². The number of carbonyl (C=O) groups is 1. The number of H-pyrrole nitrogens is 1. The summed E-state index contributed by atoms with van der Waals surface area (Å²) in [5.41, 5.74) is 3.46. The van der Waals surface area contributed by atoms with Crippen LogP contribution in [0.15, 0.2) is 0 Å². The molecule has 0 radical (unpaired) electrons. The lowest BCUT2D eigenvalue weighted by molar-refractivity contribution is 0.165. The van der Waals surface area contributed by atoms with Crippen molar-refractivity contribution in [2.24, 2.45) is 0 Å². The summed E-state index contributed by atoms with van der Waals surface area (Å²) in [4.78, 5) is 17.5. The number of aromatic nitrogens is 2. The Morgan fingerprint density at radius 1 is 1.39 bits per heavy atom. The SMILES string of the molecule is CN(C)Cc1n[nH]c2c1CCN(C(=O)N(C)C)C2. The van der Waals surface area contributed by atoms with Crippen LogP contribution in [0.25, 0.3) is 0 Å². The van der Waals surface area contributed by atoms with E-state index < -0.39 is 0 Å². The number of urea groups is 1. The molecule has 1 aliphatic heterocycles. The fourth-order valence-electron chi connectivity index (χ4n) is 2.26. The molecular weight excluding hydrogens is 230 g/mol. The van der Waals surface area contributed by atoms with Gasteiger partial charge < -0.3 is 14.7 Å². The molecule has 1 aliphatic rings. The summed E-state index contributed by atoms with van der Waals surface area (Å²) in [6.45, 7) is 2.24. The normalized spacial score (nSPS) is 14.8. The molecule has 0 aliphatic carbocycles. The van der Waals surface area contributed by atoms with Crippen molar-refractivity contribution in [2.75, 3.05) is 34.7 Å². The van der Waals surface area contributed by atoms with Crippen molar-refractivity contribution in [1.29, 1.82) is 0 Å². The van der Waals surface area contributed by atoms with Gasteiger partial charge in [0.1, 0.15) is 0 Å². The standard InChI is InChI=1S/C12H21N5O/c1-15(2)7-10-9-5-6-17(12(18)16(3)4)8-11(9)14-13-10/h5-8H2,1-4H3,(H,13,14). The lowest BCUT2D eigenvalue weighted by atomic mass is 10.0. The zero-order valence-corrected chi connectivity index (χ0v) is 11.5. The van der Waals surface area contributed by atoms with E-state index in [0.29, 0.717) is 6.54 Å². The van der Waals surface area contributed by atoms with Gasteiger partial charge in [-0.25, -0.2) is 4.79 Å². The van der Waals surface area contributed by atoms with E-state index in [9.17, 15) is 4.79 Å². The largest absolute Gasteiger partial charge is 0.331 e. The Morgan fingerprint density at radius 2 is 2.11 bits per heavy atom. The minimum atomic E-state index is 0.0596. The summed E-state index contributed by atoms with van der Waals surface area (Å²) < 4.78 is 0. The zero-order valence-electron chi connectivity index (χ0n) is 11.5. The summed E-state index contributed by atoms with van der Waals surface area (Å²) in [7, 11) is 7.63. The number of nitrogens with zero attached hydrogens (tertiary/aromatic N) is 4. The van der Waals surface area contributed by atoms with Gasteiger partial charge >= 0.3 is 6.03 Å². The molecule has 1 N–H and O–H groups in total. The first-order valence-corrected chi connectivity index (χ1v) is 6.15. The van der Waals surface area contributed by atoms with Crippen LogP contribution in [0.5, 0.6) is 0 Å². The second-order valence-corrected chi connectivity index (χ2v) is 5.21. The molecule has 2 heterocycles. The van der Waals surface area contributed by atoms with Crippen molar-refractivity contribution < 1.29 is 4.79 Å². The molecule has 100 valence electrons. The molecular formula is C12H21N5O. The number of aromatic amines is 1. The third-order valence-electron chi connectivity index (χ3n) is 3.14. The lowest BCUT2D eigenvalue weighted by Crippen LogP contribution is -2.42. The van der Waals surface area contributed by atoms with Crippen LogP contribution in [0.2, 0.25) is 0 Å². The Hall–Kier alpha value is -1.56. The minimum Gasteiger partial charge on any atom is -0.331 e. The van der Waals surface area contributed by atoms with Crippen LogP contribution >= 0.6 is 0 Å². The number of hydrogen-bond acceptors (Lipinski definition) is 3. The highest BCUT2D eigenvalue weighted by Gasteiger charge is 2.25. The maximum Gasteiger partial charge on any atom is 0.319 e. The van der Waals surface area contributed by atoms with E-state index in [0.717, 1.165) is 30.9 Å². The van der Waals surface area contributed by atoms with E-state index in [1.807, 2.05) is 19.0 Å². The van der Waals surface area contributed by atoms with Gasteiger partial charge in [0.15, 0.2) is 0 Å². The third-order valence-corrected chi connectivity index (χ3v) is 3.14. The summed E-state index contributed by atoms with van der Waals surface area (Å²) in [6.07, 6.45) is 0.884. The van der Waals surface area contributed by atoms with Crippen molar-refractivity contribution >= 4 is 6.03 Å². The fraction of sp³-hybridized carbons (Fsp3) is 0.667. The smallest absolute Gasteiger partial charge is 0.319 e. The molecule has 0 bridgehead atoms. The van der Waals surface area contributed by atoms with Crippen LogP contribution in [-0.2, 0) is 19.5 Å². The Labute approximate surface area is 108 Å². The van der Waals surface area contributed by atoms with Crippen molar-refractivity contribution in [2.45, 2.75) is 19.5 Å². The highest BCUT2D eigenvalue weighted by molar-refractivity contribution is 5.74. The Balaban J connectivity index is 2.12. The van der Waals surface area contributed by atoms with Crippen molar-refractivity contribution in [3.8, 4) is 0 Å². The van der Waals surface area contributed by atoms with Gasteiger partial charge in [-0.3, -0.25) is 5.10 Å². The van der Waals surface area contributed by atoms with Gasteiger partial charge in [0, 0.05) is 32.7 Å². The van der Waals surface area contributed by atoms with E-state index in [4.69, 9.17) is 0 Å². The lowest BCUT2D eigenvalue weighted by Gasteiger charge is -2.29. The van der Waals surface area contributed by atoms with Gasteiger partial charge in [-0.1, -0.05) is 0 Å². The van der Waals surface area contributed by atoms with Gasteiger partial charge in [0.05, 0.1) is 17.9 Å². The topological polar surface area (TPSA) is 55.5 Å². The average molecular weight is 251 g/mol. The highest BCUT2D eigenvalue weighted by Crippen LogP contribution is 2.21. The number of carbonyl (C=O) groups excluding carboxylic acids is 1. The van der Waals surface area contributed by atoms with Crippen molar-refractivity contribution in [3.63, 3.8) is 0 Å². The maximum atomic E-state index is 11.9. The highest BCUT2D eigenvalue weighted by atomic mass is 16.2. The number of nitrogens with one attached hydrogen (secondary N) is 1. The molecule has 0 spiro atoms. The van der Waals surface area contributed by atoms with Crippen LogP contribution in [0.1, 0.15) is 17.0 Å². The first kappa shape index (κ1) is 12.9. The predicted octanol–water partition coefficient (Wildman–Crippen LogP) is 0.511. The molecule has 0 fully saturated rings. The Morgan fingerprint density at radius 3 is 2.72 bits per heavy atom. The third kappa shape index (κ3) is 2.48. The molecule has 0 saturated carbocycles. The van der Waals surface area contributed by atoms with Gasteiger partial charge in [-0.15, -0.1) is 0 Å². The van der Waals surface area contributed by atoms with Crippen molar-refractivity contribution in [1.82, 2.24) is 24.9 Å². The van der Waals surface area contributed by atoms with Crippen LogP contribution in [-0.4, -0.2) is 65.7 Å². The Kier molecular flexibility index (Phi) is 3.56. The fourth-order valence-corrected chi connectivity index (χ4v) is 2.26. The summed E-state index contributed by atoms with van der Waals surface area (Å²) in [6, 6.07) is 0.0596. The number of rotatable bonds is 2. The van der Waals surface area contributed by atoms with Gasteiger partial charge in [-0.05, 0) is 20.5 Å². The number of hydrogen-bond donors (Lipinski definition) is 1. The van der Waals surface area contributed by atoms with E-state index in [1.165, 1.54) is 5.56 Å². The molecule has 0 unspecified atom stereocenters. The van der Waals surface area contributed by atoms with Gasteiger partial charge in [0.25, 0.3) is 0 Å². The van der Waals surface area contributed by atoms with E-state index in [-0.39, 0.29) is 6.03 Å². The molecule has 6 nitrogen and oxygen atoms in total. The Bertz CT molecular complexity index is 438. The van der Waals surface area contributed by atoms with Crippen LogP contribution in [0.3, 0.4) is 0 Å². The zero-order chi connectivity index (χ0) is 13.3. The number of fused-ring (bicyclic) bond motifs is 1. The molecule has 1 aromatic rings. The summed E-state index contributed by atoms with van der Waals surface area (Å²) >= 11 is 0. The maximum absolute atomic E-state index is 11.9. The quantitative estimate of drug-likeness (QED) is 0.833. The second-order valence-electron chi connectivity index (χ2n) is 5.21. The molecule has 0 aromatic carbocycles. The van der Waals surface area contributed by atoms with Crippen molar-refractivity contribution in [3.05, 3.63) is 17.0 Å². The average Bonchev–Trinajstić information content (AvgIpc) is 2.70. The second kappa shape index (κ2) is 4.97. The van der Waals surface area contributed by atoms with E-state index in [2.05, 4.69) is 15.1 Å². The monoisotopic (exact) mass is 251 g/mol. The van der Waals surface area contributed by atoms with Crippen LogP contribution in [0.4, 0.5) is 4.79 Å². The van der Waals surface area contributed by atoms with Gasteiger partial charge in [-0.2, -0.15) is 5.10 Å². The molecule has 18 heavy (non-hydrogen) atoms. The molecule has 2 rings (SSSR count). The predicted molar refractivity (Wildman–Crippen MR) is 69.2 cm³/mol. The summed E-state index contributed by atoms with van der Waals surface area (Å²) in [5.74, 6) is 0. The van der Waals surface area contributed by atoms with Gasteiger partial charge in [0.2, 0.25) is 0 Å². The van der Waals surface area contributed by atoms with E-state index >= 15 is 0 Å².